The molecule has 3 heterocycles. The second-order valence-corrected chi connectivity index (χ2v) is 6.33. The Morgan fingerprint density at radius 2 is 1.62 bits per heavy atom. The van der Waals surface area contributed by atoms with Gasteiger partial charge < -0.3 is 9.80 Å². The summed E-state index contributed by atoms with van der Waals surface area (Å²) in [4.78, 5) is 17.1. The van der Waals surface area contributed by atoms with E-state index in [4.69, 9.17) is 0 Å². The maximum atomic E-state index is 14.0. The van der Waals surface area contributed by atoms with Crippen molar-refractivity contribution in [1.82, 2.24) is 19.9 Å². The van der Waals surface area contributed by atoms with Gasteiger partial charge in [-0.05, 0) is 13.1 Å². The SMILES string of the molecule is CN1CCN(c2nc3cc(F)c(C(F)(F)F)cc3c3nccnc23)CC1. The summed E-state index contributed by atoms with van der Waals surface area (Å²) in [5.74, 6) is -0.821. The Hall–Kier alpha value is -2.55. The van der Waals surface area contributed by atoms with E-state index < -0.39 is 17.6 Å². The van der Waals surface area contributed by atoms with Crippen molar-refractivity contribution in [1.29, 1.82) is 0 Å². The maximum absolute atomic E-state index is 14.0. The van der Waals surface area contributed by atoms with Crippen LogP contribution in [0.25, 0.3) is 21.9 Å². The van der Waals surface area contributed by atoms with Crippen LogP contribution >= 0.6 is 0 Å². The van der Waals surface area contributed by atoms with Gasteiger partial charge in [0.15, 0.2) is 5.82 Å². The van der Waals surface area contributed by atoms with Gasteiger partial charge in [0.05, 0.1) is 11.1 Å². The van der Waals surface area contributed by atoms with Gasteiger partial charge in [-0.15, -0.1) is 0 Å². The minimum Gasteiger partial charge on any atom is -0.352 e. The van der Waals surface area contributed by atoms with Gasteiger partial charge in [-0.2, -0.15) is 13.2 Å². The van der Waals surface area contributed by atoms with Crippen molar-refractivity contribution in [3.63, 3.8) is 0 Å². The number of fused-ring (bicyclic) bond motifs is 3. The molecule has 0 N–H and O–H groups in total. The Bertz CT molecular complexity index is 980. The van der Waals surface area contributed by atoms with Gasteiger partial charge in [0, 0.05) is 50.0 Å². The lowest BCUT2D eigenvalue weighted by atomic mass is 10.1. The molecule has 1 aliphatic rings. The number of pyridine rings is 1. The van der Waals surface area contributed by atoms with Crippen molar-refractivity contribution in [3.05, 3.63) is 35.9 Å². The third kappa shape index (κ3) is 2.82. The fourth-order valence-electron chi connectivity index (χ4n) is 3.17. The highest BCUT2D eigenvalue weighted by molar-refractivity contribution is 6.06. The molecule has 0 aliphatic carbocycles. The smallest absolute Gasteiger partial charge is 0.352 e. The number of hydrogen-bond donors (Lipinski definition) is 0. The number of aromatic nitrogens is 3. The first-order valence-corrected chi connectivity index (χ1v) is 8.09. The number of alkyl halides is 3. The number of likely N-dealkylation sites (N-methyl/N-ethyl adjacent to an activating group) is 1. The van der Waals surface area contributed by atoms with E-state index in [2.05, 4.69) is 19.9 Å². The first kappa shape index (κ1) is 16.9. The minimum atomic E-state index is -4.79. The van der Waals surface area contributed by atoms with Gasteiger partial charge in [-0.1, -0.05) is 0 Å². The van der Waals surface area contributed by atoms with E-state index in [0.717, 1.165) is 25.2 Å². The quantitative estimate of drug-likeness (QED) is 0.490. The molecule has 1 fully saturated rings. The van der Waals surface area contributed by atoms with E-state index in [-0.39, 0.29) is 16.4 Å². The molecule has 9 heteroatoms. The molecular weight excluding hydrogens is 350 g/mol. The van der Waals surface area contributed by atoms with E-state index in [1.54, 1.807) is 0 Å². The zero-order chi connectivity index (χ0) is 18.5. The van der Waals surface area contributed by atoms with Crippen LogP contribution in [-0.4, -0.2) is 53.1 Å². The molecule has 136 valence electrons. The van der Waals surface area contributed by atoms with Gasteiger partial charge in [0.1, 0.15) is 16.9 Å². The summed E-state index contributed by atoms with van der Waals surface area (Å²) in [6, 6.07) is 1.59. The molecule has 4 rings (SSSR count). The highest BCUT2D eigenvalue weighted by atomic mass is 19.4. The predicted molar refractivity (Wildman–Crippen MR) is 89.5 cm³/mol. The molecule has 0 bridgehead atoms. The van der Waals surface area contributed by atoms with Crippen molar-refractivity contribution >= 4 is 27.8 Å². The number of nitrogens with zero attached hydrogens (tertiary/aromatic N) is 5. The number of anilines is 1. The van der Waals surface area contributed by atoms with Crippen LogP contribution in [0.3, 0.4) is 0 Å². The average molecular weight is 365 g/mol. The molecule has 2 aromatic heterocycles. The van der Waals surface area contributed by atoms with Gasteiger partial charge >= 0.3 is 6.18 Å². The van der Waals surface area contributed by atoms with E-state index in [0.29, 0.717) is 24.4 Å². The fourth-order valence-corrected chi connectivity index (χ4v) is 3.17. The lowest BCUT2D eigenvalue weighted by Gasteiger charge is -2.33. The maximum Gasteiger partial charge on any atom is 0.419 e. The molecule has 0 saturated carbocycles. The van der Waals surface area contributed by atoms with Crippen molar-refractivity contribution < 1.29 is 17.6 Å². The Kier molecular flexibility index (Phi) is 3.91. The molecule has 0 radical (unpaired) electrons. The van der Waals surface area contributed by atoms with E-state index >= 15 is 0 Å². The first-order chi connectivity index (χ1) is 12.3. The number of halogens is 4. The number of hydrogen-bond acceptors (Lipinski definition) is 5. The predicted octanol–water partition coefficient (Wildman–Crippen LogP) is 3.09. The van der Waals surface area contributed by atoms with Crippen LogP contribution in [0.15, 0.2) is 24.5 Å². The molecule has 1 saturated heterocycles. The summed E-state index contributed by atoms with van der Waals surface area (Å²) >= 11 is 0. The number of piperazine rings is 1. The highest BCUT2D eigenvalue weighted by Crippen LogP contribution is 2.36. The zero-order valence-corrected chi connectivity index (χ0v) is 13.9. The highest BCUT2D eigenvalue weighted by Gasteiger charge is 2.35. The van der Waals surface area contributed by atoms with Crippen LogP contribution in [0, 0.1) is 5.82 Å². The summed E-state index contributed by atoms with van der Waals surface area (Å²) in [6.07, 6.45) is -1.90. The molecule has 0 amide bonds. The van der Waals surface area contributed by atoms with Gasteiger partial charge in [-0.3, -0.25) is 4.98 Å². The standard InChI is InChI=1S/C17H15F4N5/c1-25-4-6-26(7-5-25)16-15-14(22-2-3-23-15)10-8-11(17(19,20)21)12(18)9-13(10)24-16/h2-3,8-9H,4-7H2,1H3. The second kappa shape index (κ2) is 6.01. The summed E-state index contributed by atoms with van der Waals surface area (Å²) in [5.41, 5.74) is -0.482. The lowest BCUT2D eigenvalue weighted by molar-refractivity contribution is -0.139. The summed E-state index contributed by atoms with van der Waals surface area (Å²) in [7, 11) is 2.01. The monoisotopic (exact) mass is 365 g/mol. The molecule has 1 aromatic carbocycles. The molecule has 26 heavy (non-hydrogen) atoms. The van der Waals surface area contributed by atoms with Crippen LogP contribution in [0.1, 0.15) is 5.56 Å². The number of rotatable bonds is 1. The van der Waals surface area contributed by atoms with Crippen LogP contribution in [-0.2, 0) is 6.18 Å². The van der Waals surface area contributed by atoms with Crippen molar-refractivity contribution in [2.45, 2.75) is 6.18 Å². The van der Waals surface area contributed by atoms with E-state index in [9.17, 15) is 17.6 Å². The molecule has 3 aromatic rings. The van der Waals surface area contributed by atoms with Crippen LogP contribution in [0.4, 0.5) is 23.4 Å². The average Bonchev–Trinajstić information content (AvgIpc) is 2.60. The molecule has 0 unspecified atom stereocenters. The third-order valence-electron chi connectivity index (χ3n) is 4.59. The largest absolute Gasteiger partial charge is 0.419 e. The van der Waals surface area contributed by atoms with Gasteiger partial charge in [-0.25, -0.2) is 14.4 Å². The van der Waals surface area contributed by atoms with Gasteiger partial charge in [0.2, 0.25) is 0 Å². The summed E-state index contributed by atoms with van der Waals surface area (Å²) < 4.78 is 53.2. The molecule has 0 atom stereocenters. The number of benzene rings is 1. The van der Waals surface area contributed by atoms with Crippen molar-refractivity contribution in [2.75, 3.05) is 38.1 Å². The lowest BCUT2D eigenvalue weighted by Crippen LogP contribution is -2.45. The van der Waals surface area contributed by atoms with Crippen LogP contribution < -0.4 is 4.90 Å². The molecule has 1 aliphatic heterocycles. The second-order valence-electron chi connectivity index (χ2n) is 6.33. The third-order valence-corrected chi connectivity index (χ3v) is 4.59. The zero-order valence-electron chi connectivity index (χ0n) is 13.9. The Morgan fingerprint density at radius 3 is 2.27 bits per heavy atom. The van der Waals surface area contributed by atoms with E-state index in [1.807, 2.05) is 11.9 Å². The van der Waals surface area contributed by atoms with Crippen LogP contribution in [0.5, 0.6) is 0 Å². The summed E-state index contributed by atoms with van der Waals surface area (Å²) in [6.45, 7) is 3.04. The molecule has 0 spiro atoms. The van der Waals surface area contributed by atoms with Crippen molar-refractivity contribution in [3.8, 4) is 0 Å². The Morgan fingerprint density at radius 1 is 0.962 bits per heavy atom. The van der Waals surface area contributed by atoms with Gasteiger partial charge in [0.25, 0.3) is 0 Å². The van der Waals surface area contributed by atoms with Crippen LogP contribution in [0.2, 0.25) is 0 Å². The first-order valence-electron chi connectivity index (χ1n) is 8.09. The minimum absolute atomic E-state index is 0.137. The van der Waals surface area contributed by atoms with E-state index in [1.165, 1.54) is 12.4 Å². The topological polar surface area (TPSA) is 45.2 Å². The fraction of sp³-hybridized carbons (Fsp3) is 0.353. The normalized spacial score (nSPS) is 16.6. The summed E-state index contributed by atoms with van der Waals surface area (Å²) in [5, 5.41) is 0.139. The van der Waals surface area contributed by atoms with Crippen molar-refractivity contribution in [2.24, 2.45) is 0 Å². The molecular formula is C17H15F4N5. The Labute approximate surface area is 146 Å². The Balaban J connectivity index is 1.97. The molecule has 5 nitrogen and oxygen atoms in total.